The highest BCUT2D eigenvalue weighted by molar-refractivity contribution is 6.01. The molecular weight excluding hydrogens is 490 g/mol. The van der Waals surface area contributed by atoms with E-state index in [0.29, 0.717) is 68.1 Å². The zero-order valence-electron chi connectivity index (χ0n) is 21.5. The Morgan fingerprint density at radius 3 is 2.92 bits per heavy atom. The summed E-state index contributed by atoms with van der Waals surface area (Å²) in [7, 11) is 1.59. The third kappa shape index (κ3) is 6.18. The number of nitrogens with zero attached hydrogens (tertiary/aromatic N) is 5. The number of nitrogens with one attached hydrogen (secondary N) is 2. The molecule has 38 heavy (non-hydrogen) atoms. The molecule has 2 aliphatic rings. The molecule has 0 spiro atoms. The summed E-state index contributed by atoms with van der Waals surface area (Å²) in [5, 5.41) is 15.4. The second-order valence-electron chi connectivity index (χ2n) is 9.29. The van der Waals surface area contributed by atoms with Gasteiger partial charge in [0, 0.05) is 44.1 Å². The fourth-order valence-electron chi connectivity index (χ4n) is 4.55. The molecular formula is C26H31N7O5. The normalized spacial score (nSPS) is 16.0. The van der Waals surface area contributed by atoms with Gasteiger partial charge >= 0.3 is 12.1 Å². The van der Waals surface area contributed by atoms with Crippen molar-refractivity contribution < 1.29 is 23.9 Å². The molecule has 2 N–H and O–H groups in total. The number of cyclic esters (lactones) is 1. The van der Waals surface area contributed by atoms with Crippen LogP contribution in [0.25, 0.3) is 0 Å². The van der Waals surface area contributed by atoms with Gasteiger partial charge in [-0.15, -0.1) is 0 Å². The average molecular weight is 522 g/mol. The van der Waals surface area contributed by atoms with Crippen LogP contribution in [0.5, 0.6) is 0 Å². The van der Waals surface area contributed by atoms with Crippen LogP contribution in [0.1, 0.15) is 53.4 Å². The van der Waals surface area contributed by atoms with Crippen molar-refractivity contribution >= 4 is 35.7 Å². The van der Waals surface area contributed by atoms with Crippen LogP contribution in [0.3, 0.4) is 0 Å². The van der Waals surface area contributed by atoms with Gasteiger partial charge in [-0.25, -0.2) is 19.6 Å². The molecule has 2 aromatic heterocycles. The van der Waals surface area contributed by atoms with Crippen LogP contribution in [0, 0.1) is 11.3 Å². The third-order valence-electron chi connectivity index (χ3n) is 6.38. The summed E-state index contributed by atoms with van der Waals surface area (Å²) in [6.07, 6.45) is 4.64. The van der Waals surface area contributed by atoms with Gasteiger partial charge < -0.3 is 19.7 Å². The number of aromatic nitrogens is 2. The van der Waals surface area contributed by atoms with Gasteiger partial charge in [-0.05, 0) is 44.2 Å². The first kappa shape index (κ1) is 26.8. The largest absolute Gasteiger partial charge is 0.449 e. The quantitative estimate of drug-likeness (QED) is 0.499. The topological polar surface area (TPSA) is 150 Å². The van der Waals surface area contributed by atoms with Crippen molar-refractivity contribution in [3.05, 3.63) is 40.7 Å². The number of carbonyl (C=O) groups is 3. The van der Waals surface area contributed by atoms with E-state index in [-0.39, 0.29) is 24.1 Å². The lowest BCUT2D eigenvalue weighted by Gasteiger charge is -2.29. The molecule has 1 saturated heterocycles. The van der Waals surface area contributed by atoms with Crippen LogP contribution >= 0.6 is 0 Å². The molecule has 0 radical (unpaired) electrons. The summed E-state index contributed by atoms with van der Waals surface area (Å²) in [4.78, 5) is 49.3. The van der Waals surface area contributed by atoms with Crippen molar-refractivity contribution in [1.29, 1.82) is 5.26 Å². The standard InChI is InChI=1S/C26H31N7O5/c1-17(16-37-2)29-21-11-23(28-13-20(21)12-27)31-25(35)33-8-5-6-18-10-19(22(15-34)30-24(18)33)14-32-7-3-4-9-38-26(32)36/h10-11,13,15,17H,3-9,14,16H2,1-2H3,(H2,28,29,31,35)/t17-/m0/s1. The van der Waals surface area contributed by atoms with Gasteiger partial charge in [0.25, 0.3) is 0 Å². The Balaban J connectivity index is 1.55. The minimum atomic E-state index is -0.452. The zero-order valence-corrected chi connectivity index (χ0v) is 21.5. The van der Waals surface area contributed by atoms with Gasteiger partial charge in [-0.1, -0.05) is 0 Å². The molecule has 0 unspecified atom stereocenters. The van der Waals surface area contributed by atoms with Gasteiger partial charge in [-0.3, -0.25) is 15.0 Å². The highest BCUT2D eigenvalue weighted by Gasteiger charge is 2.28. The van der Waals surface area contributed by atoms with Crippen molar-refractivity contribution in [2.75, 3.05) is 48.9 Å². The van der Waals surface area contributed by atoms with Crippen molar-refractivity contribution in [3.63, 3.8) is 0 Å². The lowest BCUT2D eigenvalue weighted by molar-refractivity contribution is 0.109. The molecule has 2 aromatic rings. The zero-order chi connectivity index (χ0) is 27.1. The van der Waals surface area contributed by atoms with E-state index in [4.69, 9.17) is 9.47 Å². The number of hydrogen-bond donors (Lipinski definition) is 2. The lowest BCUT2D eigenvalue weighted by atomic mass is 10.0. The molecule has 4 heterocycles. The number of urea groups is 1. The number of anilines is 3. The Bertz CT molecular complexity index is 1250. The van der Waals surface area contributed by atoms with Crippen LogP contribution in [0.4, 0.5) is 26.9 Å². The van der Waals surface area contributed by atoms with Crippen LogP contribution in [0.2, 0.25) is 0 Å². The van der Waals surface area contributed by atoms with E-state index in [2.05, 4.69) is 26.7 Å². The molecule has 1 fully saturated rings. The van der Waals surface area contributed by atoms with Crippen LogP contribution in [-0.4, -0.2) is 72.7 Å². The Hall–Kier alpha value is -4.24. The van der Waals surface area contributed by atoms with Crippen molar-refractivity contribution in [3.8, 4) is 6.07 Å². The molecule has 12 nitrogen and oxygen atoms in total. The number of hydrogen-bond acceptors (Lipinski definition) is 9. The smallest absolute Gasteiger partial charge is 0.410 e. The number of carbonyl (C=O) groups excluding carboxylic acids is 3. The van der Waals surface area contributed by atoms with Crippen molar-refractivity contribution in [2.24, 2.45) is 0 Å². The SMILES string of the molecule is COC[C@H](C)Nc1cc(NC(=O)N2CCCc3cc(CN4CCCCOC4=O)c(C=O)nc32)ncc1C#N. The van der Waals surface area contributed by atoms with E-state index in [1.165, 1.54) is 11.1 Å². The summed E-state index contributed by atoms with van der Waals surface area (Å²) in [6.45, 7) is 3.90. The van der Waals surface area contributed by atoms with Crippen LogP contribution in [0.15, 0.2) is 18.3 Å². The maximum Gasteiger partial charge on any atom is 0.410 e. The number of pyridine rings is 2. The number of amides is 3. The molecule has 4 rings (SSSR count). The predicted molar refractivity (Wildman–Crippen MR) is 139 cm³/mol. The number of rotatable bonds is 8. The van der Waals surface area contributed by atoms with E-state index in [0.717, 1.165) is 18.4 Å². The summed E-state index contributed by atoms with van der Waals surface area (Å²) < 4.78 is 10.4. The van der Waals surface area contributed by atoms with E-state index < -0.39 is 12.1 Å². The second-order valence-corrected chi connectivity index (χ2v) is 9.29. The van der Waals surface area contributed by atoms with E-state index in [9.17, 15) is 19.6 Å². The summed E-state index contributed by atoms with van der Waals surface area (Å²) in [5.74, 6) is 0.666. The first-order valence-corrected chi connectivity index (χ1v) is 12.6. The number of nitriles is 1. The third-order valence-corrected chi connectivity index (χ3v) is 6.38. The number of methoxy groups -OCH3 is 1. The number of aldehydes is 1. The Kier molecular flexibility index (Phi) is 8.70. The maximum absolute atomic E-state index is 13.3. The van der Waals surface area contributed by atoms with Gasteiger partial charge in [0.15, 0.2) is 6.29 Å². The summed E-state index contributed by atoms with van der Waals surface area (Å²) >= 11 is 0. The highest BCUT2D eigenvalue weighted by atomic mass is 16.6. The Labute approximate surface area is 220 Å². The number of ether oxygens (including phenoxy) is 2. The first-order chi connectivity index (χ1) is 18.4. The monoisotopic (exact) mass is 521 g/mol. The molecule has 0 bridgehead atoms. The molecule has 0 saturated carbocycles. The lowest BCUT2D eigenvalue weighted by Crippen LogP contribution is -2.40. The second kappa shape index (κ2) is 12.3. The summed E-state index contributed by atoms with van der Waals surface area (Å²) in [5.41, 5.74) is 2.48. The van der Waals surface area contributed by atoms with Crippen molar-refractivity contribution in [1.82, 2.24) is 14.9 Å². The molecule has 200 valence electrons. The van der Waals surface area contributed by atoms with Crippen molar-refractivity contribution in [2.45, 2.75) is 45.2 Å². The maximum atomic E-state index is 13.3. The van der Waals surface area contributed by atoms with Crippen LogP contribution < -0.4 is 15.5 Å². The van der Waals surface area contributed by atoms with E-state index >= 15 is 0 Å². The molecule has 2 aliphatic heterocycles. The van der Waals surface area contributed by atoms with Gasteiger partial charge in [0.05, 0.1) is 31.0 Å². The Morgan fingerprint density at radius 1 is 1.32 bits per heavy atom. The van der Waals surface area contributed by atoms with E-state index in [1.54, 1.807) is 18.1 Å². The average Bonchev–Trinajstić information content (AvgIpc) is 3.11. The molecule has 1 atom stereocenters. The number of aryl methyl sites for hydroxylation is 1. The predicted octanol–water partition coefficient (Wildman–Crippen LogP) is 3.32. The first-order valence-electron chi connectivity index (χ1n) is 12.6. The van der Waals surface area contributed by atoms with E-state index in [1.807, 2.05) is 13.0 Å². The molecule has 3 amide bonds. The highest BCUT2D eigenvalue weighted by Crippen LogP contribution is 2.29. The van der Waals surface area contributed by atoms with Crippen LogP contribution in [-0.2, 0) is 22.4 Å². The van der Waals surface area contributed by atoms with Gasteiger partial charge in [-0.2, -0.15) is 5.26 Å². The Morgan fingerprint density at radius 2 is 2.16 bits per heavy atom. The van der Waals surface area contributed by atoms with Gasteiger partial charge in [0.2, 0.25) is 0 Å². The minimum Gasteiger partial charge on any atom is -0.449 e. The number of fused-ring (bicyclic) bond motifs is 1. The molecule has 12 heteroatoms. The molecule has 0 aliphatic carbocycles. The minimum absolute atomic E-state index is 0.0663. The fraction of sp³-hybridized carbons (Fsp3) is 0.462. The fourth-order valence-corrected chi connectivity index (χ4v) is 4.55. The summed E-state index contributed by atoms with van der Waals surface area (Å²) in [6, 6.07) is 5.02. The molecule has 0 aromatic carbocycles. The van der Waals surface area contributed by atoms with Gasteiger partial charge in [0.1, 0.15) is 23.4 Å².